The maximum Gasteiger partial charge on any atom is 0.256 e. The van der Waals surface area contributed by atoms with Crippen molar-refractivity contribution in [3.8, 4) is 17.0 Å². The molecule has 0 spiro atoms. The molecule has 0 aliphatic carbocycles. The number of methoxy groups -OCH3 is 1. The van der Waals surface area contributed by atoms with Gasteiger partial charge in [-0.2, -0.15) is 0 Å². The molecule has 3 aromatic heterocycles. The number of rotatable bonds is 6. The van der Waals surface area contributed by atoms with Gasteiger partial charge in [-0.15, -0.1) is 0 Å². The summed E-state index contributed by atoms with van der Waals surface area (Å²) in [5.74, 6) is 1.16. The Morgan fingerprint density at radius 3 is 2.69 bits per heavy atom. The number of hydrogen-bond donors (Lipinski definition) is 2. The van der Waals surface area contributed by atoms with Gasteiger partial charge in [0.05, 0.1) is 24.0 Å². The van der Waals surface area contributed by atoms with Gasteiger partial charge in [-0.05, 0) is 48.9 Å². The highest BCUT2D eigenvalue weighted by atomic mass is 35.5. The van der Waals surface area contributed by atoms with Crippen LogP contribution in [0.25, 0.3) is 11.3 Å². The van der Waals surface area contributed by atoms with Crippen LogP contribution in [-0.4, -0.2) is 33.0 Å². The van der Waals surface area contributed by atoms with Gasteiger partial charge in [-0.25, -0.2) is 15.0 Å². The number of aromatic nitrogens is 4. The number of carbonyl (C=O) groups excluding carboxylic acids is 1. The number of anilines is 3. The fraction of sp³-hybridized carbons (Fsp3) is 0.0870. The summed E-state index contributed by atoms with van der Waals surface area (Å²) in [4.78, 5) is 29.8. The van der Waals surface area contributed by atoms with Crippen molar-refractivity contribution in [2.75, 3.05) is 17.7 Å². The second-order valence-corrected chi connectivity index (χ2v) is 7.29. The van der Waals surface area contributed by atoms with Crippen molar-refractivity contribution in [2.45, 2.75) is 6.92 Å². The highest BCUT2D eigenvalue weighted by Crippen LogP contribution is 2.24. The van der Waals surface area contributed by atoms with E-state index in [-0.39, 0.29) is 5.91 Å². The van der Waals surface area contributed by atoms with Gasteiger partial charge in [-0.1, -0.05) is 17.7 Å². The second kappa shape index (κ2) is 9.40. The van der Waals surface area contributed by atoms with Gasteiger partial charge in [-0.3, -0.25) is 9.78 Å². The Bertz CT molecular complexity index is 1260. The first-order valence-electron chi connectivity index (χ1n) is 9.65. The van der Waals surface area contributed by atoms with E-state index >= 15 is 0 Å². The molecule has 4 aromatic rings. The van der Waals surface area contributed by atoms with Gasteiger partial charge in [0.15, 0.2) is 0 Å². The molecule has 0 fully saturated rings. The van der Waals surface area contributed by atoms with Crippen LogP contribution in [0.3, 0.4) is 0 Å². The Balaban J connectivity index is 1.55. The quantitative estimate of drug-likeness (QED) is 0.434. The van der Waals surface area contributed by atoms with Gasteiger partial charge in [0.2, 0.25) is 5.95 Å². The molecule has 9 heteroatoms. The lowest BCUT2D eigenvalue weighted by molar-refractivity contribution is 0.102. The Hall–Kier alpha value is -4.04. The fourth-order valence-electron chi connectivity index (χ4n) is 2.91. The summed E-state index contributed by atoms with van der Waals surface area (Å²) in [5.41, 5.74) is 3.60. The standard InChI is InChI=1S/C23H19ClN6O2/c1-14-3-4-15(22(31)30-21-6-5-17(24)12-27-21)10-20(14)29-23-26-8-7-19(28-23)16-9-18(32-2)13-25-11-16/h3-13H,1-2H3,(H,26,28,29)(H,27,30,31). The SMILES string of the molecule is COc1cncc(-c2ccnc(Nc3cc(C(=O)Nc4ccc(Cl)cn4)ccc3C)n2)c1. The largest absolute Gasteiger partial charge is 0.495 e. The van der Waals surface area contributed by atoms with E-state index in [1.54, 1.807) is 56.0 Å². The third-order valence-electron chi connectivity index (χ3n) is 4.62. The molecule has 0 unspecified atom stereocenters. The summed E-state index contributed by atoms with van der Waals surface area (Å²) in [6.07, 6.45) is 6.46. The molecule has 0 saturated heterocycles. The summed E-state index contributed by atoms with van der Waals surface area (Å²) in [6, 6.07) is 12.3. The smallest absolute Gasteiger partial charge is 0.256 e. The molecule has 2 N–H and O–H groups in total. The van der Waals surface area contributed by atoms with Crippen LogP contribution in [0, 0.1) is 6.92 Å². The third-order valence-corrected chi connectivity index (χ3v) is 4.84. The molecule has 4 rings (SSSR count). The van der Waals surface area contributed by atoms with Crippen LogP contribution >= 0.6 is 11.6 Å². The van der Waals surface area contributed by atoms with Crippen molar-refractivity contribution in [3.63, 3.8) is 0 Å². The molecule has 1 amide bonds. The van der Waals surface area contributed by atoms with Gasteiger partial charge in [0, 0.05) is 35.4 Å². The number of ether oxygens (including phenoxy) is 1. The summed E-state index contributed by atoms with van der Waals surface area (Å²) in [5, 5.41) is 6.44. The van der Waals surface area contributed by atoms with Crippen LogP contribution in [0.1, 0.15) is 15.9 Å². The normalized spacial score (nSPS) is 10.5. The van der Waals surface area contributed by atoms with Crippen molar-refractivity contribution < 1.29 is 9.53 Å². The van der Waals surface area contributed by atoms with Crippen LogP contribution in [-0.2, 0) is 0 Å². The summed E-state index contributed by atoms with van der Waals surface area (Å²) < 4.78 is 5.23. The molecule has 0 aliphatic rings. The number of carbonyl (C=O) groups is 1. The predicted molar refractivity (Wildman–Crippen MR) is 123 cm³/mol. The number of aryl methyl sites for hydroxylation is 1. The average Bonchev–Trinajstić information content (AvgIpc) is 2.82. The number of nitrogens with one attached hydrogen (secondary N) is 2. The monoisotopic (exact) mass is 446 g/mol. The number of nitrogens with zero attached hydrogens (tertiary/aromatic N) is 4. The van der Waals surface area contributed by atoms with E-state index in [1.807, 2.05) is 19.1 Å². The number of pyridine rings is 2. The topological polar surface area (TPSA) is 102 Å². The van der Waals surface area contributed by atoms with Crippen LogP contribution in [0.2, 0.25) is 5.02 Å². The zero-order valence-electron chi connectivity index (χ0n) is 17.3. The summed E-state index contributed by atoms with van der Waals surface area (Å²) in [6.45, 7) is 1.93. The lowest BCUT2D eigenvalue weighted by Crippen LogP contribution is -2.13. The van der Waals surface area contributed by atoms with E-state index in [1.165, 1.54) is 6.20 Å². The van der Waals surface area contributed by atoms with Crippen molar-refractivity contribution in [1.29, 1.82) is 0 Å². The molecule has 0 bridgehead atoms. The average molecular weight is 447 g/mol. The Labute approximate surface area is 189 Å². The lowest BCUT2D eigenvalue weighted by atomic mass is 10.1. The van der Waals surface area contributed by atoms with Crippen LogP contribution in [0.4, 0.5) is 17.5 Å². The summed E-state index contributed by atoms with van der Waals surface area (Å²) in [7, 11) is 1.59. The number of hydrogen-bond acceptors (Lipinski definition) is 7. The van der Waals surface area contributed by atoms with E-state index in [2.05, 4.69) is 30.6 Å². The lowest BCUT2D eigenvalue weighted by Gasteiger charge is -2.11. The minimum atomic E-state index is -0.292. The van der Waals surface area contributed by atoms with Gasteiger partial charge >= 0.3 is 0 Å². The molecular formula is C23H19ClN6O2. The number of benzene rings is 1. The first-order valence-corrected chi connectivity index (χ1v) is 10.0. The molecule has 8 nitrogen and oxygen atoms in total. The maximum atomic E-state index is 12.7. The van der Waals surface area contributed by atoms with Crippen LogP contribution in [0.15, 0.2) is 67.3 Å². The Kier molecular flexibility index (Phi) is 6.23. The number of halogens is 1. The molecule has 160 valence electrons. The van der Waals surface area contributed by atoms with Gasteiger partial charge < -0.3 is 15.4 Å². The number of amides is 1. The molecule has 32 heavy (non-hydrogen) atoms. The van der Waals surface area contributed by atoms with Gasteiger partial charge in [0.25, 0.3) is 5.91 Å². The third kappa shape index (κ3) is 4.98. The first kappa shape index (κ1) is 21.2. The highest BCUT2D eigenvalue weighted by molar-refractivity contribution is 6.30. The second-order valence-electron chi connectivity index (χ2n) is 6.85. The van der Waals surface area contributed by atoms with Crippen LogP contribution in [0.5, 0.6) is 5.75 Å². The molecule has 0 atom stereocenters. The van der Waals surface area contributed by atoms with E-state index < -0.39 is 0 Å². The van der Waals surface area contributed by atoms with Crippen molar-refractivity contribution in [2.24, 2.45) is 0 Å². The maximum absolute atomic E-state index is 12.7. The molecule has 1 aromatic carbocycles. The highest BCUT2D eigenvalue weighted by Gasteiger charge is 2.11. The van der Waals surface area contributed by atoms with E-state index in [0.29, 0.717) is 39.5 Å². The molecule has 0 aliphatic heterocycles. The van der Waals surface area contributed by atoms with Gasteiger partial charge in [0.1, 0.15) is 11.6 Å². The van der Waals surface area contributed by atoms with Crippen molar-refractivity contribution >= 4 is 35.0 Å². The minimum absolute atomic E-state index is 0.292. The minimum Gasteiger partial charge on any atom is -0.495 e. The van der Waals surface area contributed by atoms with Crippen molar-refractivity contribution in [3.05, 3.63) is 83.4 Å². The van der Waals surface area contributed by atoms with E-state index in [9.17, 15) is 4.79 Å². The predicted octanol–water partition coefficient (Wildman–Crippen LogP) is 4.90. The molecule has 3 heterocycles. The molecule has 0 radical (unpaired) electrons. The zero-order chi connectivity index (χ0) is 22.5. The molecule has 0 saturated carbocycles. The van der Waals surface area contributed by atoms with E-state index in [0.717, 1.165) is 11.1 Å². The van der Waals surface area contributed by atoms with Crippen molar-refractivity contribution in [1.82, 2.24) is 19.9 Å². The molecular weight excluding hydrogens is 428 g/mol. The Morgan fingerprint density at radius 2 is 1.91 bits per heavy atom. The fourth-order valence-corrected chi connectivity index (χ4v) is 3.02. The zero-order valence-corrected chi connectivity index (χ0v) is 18.1. The Morgan fingerprint density at radius 1 is 1.03 bits per heavy atom. The van der Waals surface area contributed by atoms with E-state index in [4.69, 9.17) is 16.3 Å². The first-order chi connectivity index (χ1) is 15.5. The van der Waals surface area contributed by atoms with Crippen LogP contribution < -0.4 is 15.4 Å². The summed E-state index contributed by atoms with van der Waals surface area (Å²) >= 11 is 5.84.